The predicted molar refractivity (Wildman–Crippen MR) is 67.5 cm³/mol. The Morgan fingerprint density at radius 2 is 2.44 bits per heavy atom. The van der Waals surface area contributed by atoms with Crippen LogP contribution in [-0.2, 0) is 15.8 Å². The molecule has 0 radical (unpaired) electrons. The van der Waals surface area contributed by atoms with Crippen LogP contribution in [-0.4, -0.2) is 33.2 Å². The zero-order valence-electron chi connectivity index (χ0n) is 10.5. The molecule has 0 aromatic carbocycles. The fourth-order valence-corrected chi connectivity index (χ4v) is 3.17. The normalized spacial score (nSPS) is 20.4. The highest BCUT2D eigenvalue weighted by molar-refractivity contribution is 7.88. The van der Waals surface area contributed by atoms with Gasteiger partial charge in [0.15, 0.2) is 0 Å². The summed E-state index contributed by atoms with van der Waals surface area (Å²) in [5.74, 6) is 1.09. The largest absolute Gasteiger partial charge is 0.361 e. The maximum absolute atomic E-state index is 11.8. The molecule has 0 amide bonds. The van der Waals surface area contributed by atoms with Crippen LogP contribution in [0.15, 0.2) is 10.6 Å². The van der Waals surface area contributed by atoms with Gasteiger partial charge in [0.25, 0.3) is 0 Å². The second-order valence-electron chi connectivity index (χ2n) is 4.73. The molecule has 1 saturated heterocycles. The van der Waals surface area contributed by atoms with Crippen molar-refractivity contribution in [3.8, 4) is 0 Å². The molecule has 1 unspecified atom stereocenters. The van der Waals surface area contributed by atoms with E-state index in [0.29, 0.717) is 23.9 Å². The van der Waals surface area contributed by atoms with Crippen LogP contribution in [0.25, 0.3) is 0 Å². The molecule has 1 aliphatic heterocycles. The molecule has 2 N–H and O–H groups in total. The van der Waals surface area contributed by atoms with E-state index >= 15 is 0 Å². The van der Waals surface area contributed by atoms with E-state index in [0.717, 1.165) is 25.9 Å². The summed E-state index contributed by atoms with van der Waals surface area (Å²) in [7, 11) is -3.31. The Morgan fingerprint density at radius 3 is 3.06 bits per heavy atom. The molecule has 0 saturated carbocycles. The van der Waals surface area contributed by atoms with Crippen LogP contribution in [0.4, 0.5) is 0 Å². The summed E-state index contributed by atoms with van der Waals surface area (Å²) in [6.45, 7) is 4.26. The van der Waals surface area contributed by atoms with Crippen LogP contribution < -0.4 is 10.0 Å². The van der Waals surface area contributed by atoms with Crippen molar-refractivity contribution in [1.82, 2.24) is 15.2 Å². The number of nitrogens with one attached hydrogen (secondary N) is 2. The van der Waals surface area contributed by atoms with E-state index < -0.39 is 10.0 Å². The maximum Gasteiger partial charge on any atom is 0.217 e. The Labute approximate surface area is 107 Å². The highest BCUT2D eigenvalue weighted by Crippen LogP contribution is 2.11. The second-order valence-corrected chi connectivity index (χ2v) is 6.54. The van der Waals surface area contributed by atoms with Gasteiger partial charge in [0.05, 0.1) is 0 Å². The molecule has 2 heterocycles. The molecule has 7 heteroatoms. The molecular weight excluding hydrogens is 254 g/mol. The van der Waals surface area contributed by atoms with Crippen molar-refractivity contribution < 1.29 is 12.9 Å². The number of nitrogens with zero attached hydrogens (tertiary/aromatic N) is 1. The summed E-state index contributed by atoms with van der Waals surface area (Å²) in [6.07, 6.45) is 2.01. The zero-order valence-corrected chi connectivity index (χ0v) is 11.3. The van der Waals surface area contributed by atoms with E-state index in [-0.39, 0.29) is 5.75 Å². The first-order valence-corrected chi connectivity index (χ1v) is 7.81. The van der Waals surface area contributed by atoms with Crippen molar-refractivity contribution in [2.24, 2.45) is 5.92 Å². The number of aryl methyl sites for hydroxylation is 1. The Hall–Kier alpha value is -0.920. The summed E-state index contributed by atoms with van der Waals surface area (Å²) in [4.78, 5) is 0. The zero-order chi connectivity index (χ0) is 13.0. The van der Waals surface area contributed by atoms with Crippen molar-refractivity contribution in [3.05, 3.63) is 17.5 Å². The fraction of sp³-hybridized carbons (Fsp3) is 0.727. The lowest BCUT2D eigenvalue weighted by Gasteiger charge is -2.09. The van der Waals surface area contributed by atoms with Crippen LogP contribution in [0.5, 0.6) is 0 Å². The average Bonchev–Trinajstić information content (AvgIpc) is 2.89. The first-order chi connectivity index (χ1) is 8.55. The molecule has 0 spiro atoms. The highest BCUT2D eigenvalue weighted by atomic mass is 32.2. The molecular formula is C11H19N3O3S. The number of rotatable bonds is 6. The van der Waals surface area contributed by atoms with Crippen LogP contribution in [0.3, 0.4) is 0 Å². The Kier molecular flexibility index (Phi) is 4.36. The molecule has 0 bridgehead atoms. The number of sulfonamides is 1. The van der Waals surface area contributed by atoms with Gasteiger partial charge in [0.2, 0.25) is 10.0 Å². The first-order valence-electron chi connectivity index (χ1n) is 6.15. The average molecular weight is 273 g/mol. The van der Waals surface area contributed by atoms with Crippen LogP contribution in [0.2, 0.25) is 0 Å². The predicted octanol–water partition coefficient (Wildman–Crippen LogP) is 0.402. The molecule has 1 atom stereocenters. The van der Waals surface area contributed by atoms with E-state index in [4.69, 9.17) is 4.52 Å². The summed E-state index contributed by atoms with van der Waals surface area (Å²) in [6, 6.07) is 1.64. The topological polar surface area (TPSA) is 84.2 Å². The molecule has 1 aliphatic rings. The maximum atomic E-state index is 11.8. The van der Waals surface area contributed by atoms with Gasteiger partial charge in [0, 0.05) is 12.6 Å². The van der Waals surface area contributed by atoms with E-state index in [1.807, 2.05) is 0 Å². The molecule has 0 aliphatic carbocycles. The Balaban J connectivity index is 1.76. The van der Waals surface area contributed by atoms with Crippen LogP contribution in [0.1, 0.15) is 24.3 Å². The minimum absolute atomic E-state index is 0.118. The van der Waals surface area contributed by atoms with Crippen LogP contribution >= 0.6 is 0 Å². The molecule has 1 aromatic heterocycles. The van der Waals surface area contributed by atoms with Gasteiger partial charge in [-0.05, 0) is 38.8 Å². The summed E-state index contributed by atoms with van der Waals surface area (Å²) < 4.78 is 31.0. The van der Waals surface area contributed by atoms with Gasteiger partial charge in [0.1, 0.15) is 17.2 Å². The van der Waals surface area contributed by atoms with Gasteiger partial charge >= 0.3 is 0 Å². The Morgan fingerprint density at radius 1 is 1.61 bits per heavy atom. The SMILES string of the molecule is Cc1cc(CS(=O)(=O)NCCC2CCNC2)no1. The van der Waals surface area contributed by atoms with Crippen molar-refractivity contribution in [1.29, 1.82) is 0 Å². The van der Waals surface area contributed by atoms with E-state index in [1.165, 1.54) is 0 Å². The van der Waals surface area contributed by atoms with Crippen molar-refractivity contribution in [2.45, 2.75) is 25.5 Å². The van der Waals surface area contributed by atoms with Gasteiger partial charge < -0.3 is 9.84 Å². The lowest BCUT2D eigenvalue weighted by atomic mass is 10.1. The van der Waals surface area contributed by atoms with Gasteiger partial charge in [-0.15, -0.1) is 0 Å². The quantitative estimate of drug-likeness (QED) is 0.784. The van der Waals surface area contributed by atoms with E-state index in [9.17, 15) is 8.42 Å². The lowest BCUT2D eigenvalue weighted by molar-refractivity contribution is 0.392. The molecule has 102 valence electrons. The molecule has 6 nitrogen and oxygen atoms in total. The minimum atomic E-state index is -3.31. The van der Waals surface area contributed by atoms with Crippen molar-refractivity contribution in [2.75, 3.05) is 19.6 Å². The smallest absolute Gasteiger partial charge is 0.217 e. The molecule has 1 aromatic rings. The Bertz CT molecular complexity index is 477. The van der Waals surface area contributed by atoms with Crippen molar-refractivity contribution >= 4 is 10.0 Å². The third kappa shape index (κ3) is 4.08. The first kappa shape index (κ1) is 13.5. The number of hydrogen-bond donors (Lipinski definition) is 2. The highest BCUT2D eigenvalue weighted by Gasteiger charge is 2.17. The number of aromatic nitrogens is 1. The standard InChI is InChI=1S/C11H19N3O3S/c1-9-6-11(14-17-9)8-18(15,16)13-5-3-10-2-4-12-7-10/h6,10,12-13H,2-5,7-8H2,1H3. The van der Waals surface area contributed by atoms with Gasteiger partial charge in [-0.25, -0.2) is 13.1 Å². The van der Waals surface area contributed by atoms with Crippen LogP contribution in [0, 0.1) is 12.8 Å². The van der Waals surface area contributed by atoms with Gasteiger partial charge in [-0.3, -0.25) is 0 Å². The lowest BCUT2D eigenvalue weighted by Crippen LogP contribution is -2.27. The van der Waals surface area contributed by atoms with E-state index in [2.05, 4.69) is 15.2 Å². The minimum Gasteiger partial charge on any atom is -0.361 e. The number of hydrogen-bond acceptors (Lipinski definition) is 5. The third-order valence-corrected chi connectivity index (χ3v) is 4.37. The van der Waals surface area contributed by atoms with Crippen molar-refractivity contribution in [3.63, 3.8) is 0 Å². The fourth-order valence-electron chi connectivity index (χ4n) is 2.11. The molecule has 18 heavy (non-hydrogen) atoms. The molecule has 2 rings (SSSR count). The summed E-state index contributed by atoms with van der Waals surface area (Å²) in [5, 5.41) is 6.95. The van der Waals surface area contributed by atoms with Gasteiger partial charge in [-0.1, -0.05) is 5.16 Å². The summed E-state index contributed by atoms with van der Waals surface area (Å²) >= 11 is 0. The van der Waals surface area contributed by atoms with E-state index in [1.54, 1.807) is 13.0 Å². The molecule has 1 fully saturated rings. The summed E-state index contributed by atoms with van der Waals surface area (Å²) in [5.41, 5.74) is 0.447. The second kappa shape index (κ2) is 5.81. The third-order valence-electron chi connectivity index (χ3n) is 3.05. The monoisotopic (exact) mass is 273 g/mol. The van der Waals surface area contributed by atoms with Gasteiger partial charge in [-0.2, -0.15) is 0 Å².